The van der Waals surface area contributed by atoms with Gasteiger partial charge in [-0.05, 0) is 41.7 Å². The second-order valence-electron chi connectivity index (χ2n) is 10.8. The summed E-state index contributed by atoms with van der Waals surface area (Å²) in [6, 6.07) is 6.47. The molecule has 1 N–H and O–H groups in total. The van der Waals surface area contributed by atoms with Crippen molar-refractivity contribution in [1.82, 2.24) is 10.2 Å². The molecule has 7 heteroatoms. The molecule has 1 atom stereocenters. The molecule has 0 radical (unpaired) electrons. The number of hydrogen-bond donors (Lipinski definition) is 1. The molecule has 0 spiro atoms. The SMILES string of the molecule is CCC(Oc1ccc(C(C)(C)CC)cc1C(C)(C)CC)C(=O)Nc1nnc(SC(C)(C)C)o1. The van der Waals surface area contributed by atoms with Crippen molar-refractivity contribution in [1.29, 1.82) is 0 Å². The maximum Gasteiger partial charge on any atom is 0.323 e. The van der Waals surface area contributed by atoms with Crippen molar-refractivity contribution in [3.05, 3.63) is 29.3 Å². The molecule has 0 aliphatic rings. The summed E-state index contributed by atoms with van der Waals surface area (Å²) in [7, 11) is 0. The summed E-state index contributed by atoms with van der Waals surface area (Å²) in [5.74, 6) is 0.445. The third-order valence-corrected chi connectivity index (χ3v) is 7.17. The first kappa shape index (κ1) is 27.2. The molecule has 0 saturated heterocycles. The lowest BCUT2D eigenvalue weighted by molar-refractivity contribution is -0.123. The number of rotatable bonds is 10. The van der Waals surface area contributed by atoms with Gasteiger partial charge in [-0.15, -0.1) is 0 Å². The van der Waals surface area contributed by atoms with E-state index in [1.54, 1.807) is 0 Å². The van der Waals surface area contributed by atoms with Crippen LogP contribution in [-0.4, -0.2) is 27.0 Å². The van der Waals surface area contributed by atoms with Gasteiger partial charge in [-0.3, -0.25) is 10.1 Å². The molecule has 184 valence electrons. The molecule has 1 unspecified atom stereocenters. The smallest absolute Gasteiger partial charge is 0.323 e. The van der Waals surface area contributed by atoms with E-state index in [9.17, 15) is 4.79 Å². The Kier molecular flexibility index (Phi) is 8.66. The number of carbonyl (C=O) groups is 1. The molecule has 0 fully saturated rings. The molecule has 1 aromatic heterocycles. The maximum atomic E-state index is 13.0. The van der Waals surface area contributed by atoms with Crippen LogP contribution in [0.4, 0.5) is 6.01 Å². The van der Waals surface area contributed by atoms with Crippen LogP contribution in [0.5, 0.6) is 5.75 Å². The van der Waals surface area contributed by atoms with Crippen LogP contribution in [0, 0.1) is 0 Å². The largest absolute Gasteiger partial charge is 0.480 e. The molecule has 1 heterocycles. The molecule has 6 nitrogen and oxygen atoms in total. The van der Waals surface area contributed by atoms with Crippen LogP contribution >= 0.6 is 11.8 Å². The maximum absolute atomic E-state index is 13.0. The van der Waals surface area contributed by atoms with Crippen molar-refractivity contribution in [3.8, 4) is 5.75 Å². The number of carbonyl (C=O) groups excluding carboxylic acids is 1. The highest BCUT2D eigenvalue weighted by Crippen LogP contribution is 2.39. The number of benzene rings is 1. The van der Waals surface area contributed by atoms with E-state index in [1.807, 2.05) is 13.0 Å². The second kappa shape index (κ2) is 10.5. The van der Waals surface area contributed by atoms with Crippen molar-refractivity contribution >= 4 is 23.7 Å². The average Bonchev–Trinajstić information content (AvgIpc) is 3.16. The molecule has 33 heavy (non-hydrogen) atoms. The van der Waals surface area contributed by atoms with Gasteiger partial charge in [0.2, 0.25) is 0 Å². The summed E-state index contributed by atoms with van der Waals surface area (Å²) >= 11 is 1.45. The van der Waals surface area contributed by atoms with E-state index >= 15 is 0 Å². The Hall–Kier alpha value is -2.02. The monoisotopic (exact) mass is 475 g/mol. The molecule has 0 bridgehead atoms. The zero-order valence-electron chi connectivity index (χ0n) is 22.0. The number of nitrogens with zero attached hydrogens (tertiary/aromatic N) is 2. The van der Waals surface area contributed by atoms with Crippen LogP contribution in [0.15, 0.2) is 27.8 Å². The summed E-state index contributed by atoms with van der Waals surface area (Å²) in [6.07, 6.45) is 1.84. The van der Waals surface area contributed by atoms with Gasteiger partial charge in [-0.1, -0.05) is 103 Å². The second-order valence-corrected chi connectivity index (χ2v) is 12.6. The van der Waals surface area contributed by atoms with Gasteiger partial charge in [0.15, 0.2) is 6.10 Å². The fourth-order valence-electron chi connectivity index (χ4n) is 3.20. The van der Waals surface area contributed by atoms with E-state index in [1.165, 1.54) is 17.3 Å². The number of nitrogens with one attached hydrogen (secondary N) is 1. The van der Waals surface area contributed by atoms with Crippen LogP contribution in [0.1, 0.15) is 99.6 Å². The lowest BCUT2D eigenvalue weighted by Gasteiger charge is -2.31. The van der Waals surface area contributed by atoms with Gasteiger partial charge in [0, 0.05) is 10.3 Å². The fourth-order valence-corrected chi connectivity index (χ4v) is 3.93. The Morgan fingerprint density at radius 1 is 1.03 bits per heavy atom. The van der Waals surface area contributed by atoms with Crippen molar-refractivity contribution in [3.63, 3.8) is 0 Å². The topological polar surface area (TPSA) is 77.2 Å². The van der Waals surface area contributed by atoms with E-state index in [0.717, 1.165) is 24.2 Å². The summed E-state index contributed by atoms with van der Waals surface area (Å²) in [6.45, 7) is 21.4. The predicted octanol–water partition coefficient (Wildman–Crippen LogP) is 7.13. The Labute approximate surface area is 203 Å². The van der Waals surface area contributed by atoms with E-state index < -0.39 is 6.10 Å². The highest BCUT2D eigenvalue weighted by Gasteiger charge is 2.29. The van der Waals surface area contributed by atoms with Gasteiger partial charge in [0.25, 0.3) is 11.1 Å². The van der Waals surface area contributed by atoms with Gasteiger partial charge in [-0.2, -0.15) is 0 Å². The fraction of sp³-hybridized carbons (Fsp3) is 0.654. The molecular formula is C26H41N3O3S. The Bertz CT molecular complexity index is 944. The average molecular weight is 476 g/mol. The number of anilines is 1. The first-order valence-corrected chi connectivity index (χ1v) is 12.7. The van der Waals surface area contributed by atoms with E-state index in [-0.39, 0.29) is 27.5 Å². The third-order valence-electron chi connectivity index (χ3n) is 6.22. The molecular weight excluding hydrogens is 434 g/mol. The molecule has 1 aromatic carbocycles. The number of hydrogen-bond acceptors (Lipinski definition) is 6. The van der Waals surface area contributed by atoms with Crippen molar-refractivity contribution in [2.45, 2.75) is 115 Å². The molecule has 0 aliphatic carbocycles. The van der Waals surface area contributed by atoms with E-state index in [4.69, 9.17) is 9.15 Å². The van der Waals surface area contributed by atoms with E-state index in [0.29, 0.717) is 11.6 Å². The highest BCUT2D eigenvalue weighted by atomic mass is 32.2. The molecule has 2 rings (SSSR count). The summed E-state index contributed by atoms with van der Waals surface area (Å²) < 4.78 is 11.8. The van der Waals surface area contributed by atoms with Crippen LogP contribution in [-0.2, 0) is 15.6 Å². The minimum atomic E-state index is -0.674. The molecule has 2 aromatic rings. The number of thioether (sulfide) groups is 1. The lowest BCUT2D eigenvalue weighted by Crippen LogP contribution is -2.33. The first-order valence-electron chi connectivity index (χ1n) is 11.9. The molecule has 0 aliphatic heterocycles. The van der Waals surface area contributed by atoms with Crippen LogP contribution in [0.25, 0.3) is 0 Å². The van der Waals surface area contributed by atoms with Gasteiger partial charge in [0.1, 0.15) is 5.75 Å². The quantitative estimate of drug-likeness (QED) is 0.368. The van der Waals surface area contributed by atoms with Gasteiger partial charge >= 0.3 is 6.01 Å². The zero-order valence-corrected chi connectivity index (χ0v) is 22.8. The molecule has 0 saturated carbocycles. The van der Waals surface area contributed by atoms with Gasteiger partial charge < -0.3 is 9.15 Å². The summed E-state index contributed by atoms with van der Waals surface area (Å²) in [4.78, 5) is 13.0. The Balaban J connectivity index is 2.27. The van der Waals surface area contributed by atoms with Gasteiger partial charge in [0.05, 0.1) is 0 Å². The van der Waals surface area contributed by atoms with Gasteiger partial charge in [-0.25, -0.2) is 0 Å². The van der Waals surface area contributed by atoms with Crippen LogP contribution < -0.4 is 10.1 Å². The minimum absolute atomic E-state index is 0.0656. The Morgan fingerprint density at radius 2 is 1.67 bits per heavy atom. The number of amides is 1. The zero-order chi connectivity index (χ0) is 25.0. The number of ether oxygens (including phenoxy) is 1. The van der Waals surface area contributed by atoms with Crippen LogP contribution in [0.2, 0.25) is 0 Å². The summed E-state index contributed by atoms with van der Waals surface area (Å²) in [5.41, 5.74) is 2.38. The van der Waals surface area contributed by atoms with Crippen LogP contribution in [0.3, 0.4) is 0 Å². The summed E-state index contributed by atoms with van der Waals surface area (Å²) in [5, 5.41) is 11.1. The normalized spacial score (nSPS) is 13.6. The predicted molar refractivity (Wildman–Crippen MR) is 136 cm³/mol. The lowest BCUT2D eigenvalue weighted by atomic mass is 9.76. The molecule has 1 amide bonds. The van der Waals surface area contributed by atoms with Crippen molar-refractivity contribution < 1.29 is 13.9 Å². The standard InChI is InChI=1S/C26H41N3O3S/c1-11-19(21(30)27-22-28-29-23(32-22)33-24(4,5)6)31-20-15-14-17(25(7,8)12-2)16-18(20)26(9,10)13-3/h14-16,19H,11-13H2,1-10H3,(H,27,28,30). The van der Waals surface area contributed by atoms with E-state index in [2.05, 4.69) is 90.0 Å². The third kappa shape index (κ3) is 7.23. The Morgan fingerprint density at radius 3 is 2.21 bits per heavy atom. The minimum Gasteiger partial charge on any atom is -0.480 e. The van der Waals surface area contributed by atoms with Crippen molar-refractivity contribution in [2.24, 2.45) is 0 Å². The first-order chi connectivity index (χ1) is 15.2. The van der Waals surface area contributed by atoms with Crippen molar-refractivity contribution in [2.75, 3.05) is 5.32 Å². The highest BCUT2D eigenvalue weighted by molar-refractivity contribution is 8.00. The number of aromatic nitrogens is 2.